The molecule has 2 aromatic rings. The van der Waals surface area contributed by atoms with Gasteiger partial charge in [-0.1, -0.05) is 24.1 Å². The highest BCUT2D eigenvalue weighted by Gasteiger charge is 2.28. The number of carbonyl (C=O) groups is 1. The Balaban J connectivity index is 1.24. The number of piperidine rings is 1. The average Bonchev–Trinajstić information content (AvgIpc) is 3.44. The number of pyridine rings is 1. The third kappa shape index (κ3) is 5.63. The predicted octanol–water partition coefficient (Wildman–Crippen LogP) is 3.16. The SMILES string of the molecule is O=C(Cc1cccnc1)N1CCCC(c2nc(CCOCC3CCCC3)no2)C1. The predicted molar refractivity (Wildman–Crippen MR) is 107 cm³/mol. The highest BCUT2D eigenvalue weighted by molar-refractivity contribution is 5.78. The van der Waals surface area contributed by atoms with Crippen LogP contribution in [0.15, 0.2) is 29.0 Å². The van der Waals surface area contributed by atoms with Gasteiger partial charge in [0.1, 0.15) is 0 Å². The van der Waals surface area contributed by atoms with E-state index in [0.717, 1.165) is 37.5 Å². The summed E-state index contributed by atoms with van der Waals surface area (Å²) in [6.45, 7) is 2.90. The van der Waals surface area contributed by atoms with Crippen LogP contribution in [0, 0.1) is 5.92 Å². The lowest BCUT2D eigenvalue weighted by Crippen LogP contribution is -2.40. The summed E-state index contributed by atoms with van der Waals surface area (Å²) in [5.74, 6) is 2.32. The van der Waals surface area contributed by atoms with E-state index in [0.29, 0.717) is 37.7 Å². The van der Waals surface area contributed by atoms with Crippen LogP contribution in [0.5, 0.6) is 0 Å². The van der Waals surface area contributed by atoms with Crippen LogP contribution in [0.3, 0.4) is 0 Å². The van der Waals surface area contributed by atoms with Gasteiger partial charge in [0, 0.05) is 38.5 Å². The number of aromatic nitrogens is 3. The van der Waals surface area contributed by atoms with E-state index < -0.39 is 0 Å². The van der Waals surface area contributed by atoms with Gasteiger partial charge in [-0.25, -0.2) is 0 Å². The Morgan fingerprint density at radius 1 is 1.24 bits per heavy atom. The summed E-state index contributed by atoms with van der Waals surface area (Å²) in [5, 5.41) is 4.12. The second-order valence-corrected chi connectivity index (χ2v) is 8.24. The first-order valence-corrected chi connectivity index (χ1v) is 10.8. The molecule has 0 bridgehead atoms. The van der Waals surface area contributed by atoms with Crippen LogP contribution < -0.4 is 0 Å². The minimum atomic E-state index is 0.113. The fourth-order valence-electron chi connectivity index (χ4n) is 4.32. The lowest BCUT2D eigenvalue weighted by molar-refractivity contribution is -0.131. The van der Waals surface area contributed by atoms with Gasteiger partial charge in [-0.05, 0) is 43.2 Å². The second kappa shape index (κ2) is 9.96. The molecule has 0 aromatic carbocycles. The Bertz CT molecular complexity index is 773. The Morgan fingerprint density at radius 2 is 2.14 bits per heavy atom. The Morgan fingerprint density at radius 3 is 2.97 bits per heavy atom. The van der Waals surface area contributed by atoms with E-state index in [1.165, 1.54) is 25.7 Å². The molecule has 1 saturated carbocycles. The Labute approximate surface area is 171 Å². The molecule has 4 rings (SSSR count). The van der Waals surface area contributed by atoms with Crippen molar-refractivity contribution in [1.29, 1.82) is 0 Å². The second-order valence-electron chi connectivity index (χ2n) is 8.24. The van der Waals surface area contributed by atoms with Crippen molar-refractivity contribution in [3.05, 3.63) is 41.8 Å². The first-order chi connectivity index (χ1) is 14.3. The molecular formula is C22H30N4O3. The van der Waals surface area contributed by atoms with Gasteiger partial charge in [0.2, 0.25) is 11.8 Å². The normalized spacial score (nSPS) is 20.3. The largest absolute Gasteiger partial charge is 0.381 e. The molecule has 1 amide bonds. The zero-order valence-corrected chi connectivity index (χ0v) is 17.0. The minimum Gasteiger partial charge on any atom is -0.381 e. The van der Waals surface area contributed by atoms with Gasteiger partial charge in [0.15, 0.2) is 5.82 Å². The number of carbonyl (C=O) groups excluding carboxylic acids is 1. The summed E-state index contributed by atoms with van der Waals surface area (Å²) in [6.07, 6.45) is 11.7. The molecule has 1 aliphatic heterocycles. The monoisotopic (exact) mass is 398 g/mol. The van der Waals surface area contributed by atoms with E-state index in [1.807, 2.05) is 17.0 Å². The van der Waals surface area contributed by atoms with Gasteiger partial charge in [-0.15, -0.1) is 0 Å². The first-order valence-electron chi connectivity index (χ1n) is 10.8. The molecule has 2 aliphatic rings. The maximum atomic E-state index is 12.6. The van der Waals surface area contributed by atoms with Crippen molar-refractivity contribution in [1.82, 2.24) is 20.0 Å². The van der Waals surface area contributed by atoms with Crippen molar-refractivity contribution in [3.8, 4) is 0 Å². The molecule has 29 heavy (non-hydrogen) atoms. The van der Waals surface area contributed by atoms with Crippen LogP contribution >= 0.6 is 0 Å². The number of ether oxygens (including phenoxy) is 1. The average molecular weight is 399 g/mol. The zero-order valence-electron chi connectivity index (χ0n) is 17.0. The summed E-state index contributed by atoms with van der Waals surface area (Å²) < 4.78 is 11.3. The van der Waals surface area contributed by atoms with Gasteiger partial charge >= 0.3 is 0 Å². The zero-order chi connectivity index (χ0) is 19.9. The third-order valence-corrected chi connectivity index (χ3v) is 5.98. The Kier molecular flexibility index (Phi) is 6.87. The van der Waals surface area contributed by atoms with Crippen molar-refractivity contribution in [2.75, 3.05) is 26.3 Å². The van der Waals surface area contributed by atoms with Crippen LogP contribution in [0.25, 0.3) is 0 Å². The molecule has 1 saturated heterocycles. The van der Waals surface area contributed by atoms with E-state index in [4.69, 9.17) is 9.26 Å². The number of hydrogen-bond donors (Lipinski definition) is 0. The summed E-state index contributed by atoms with van der Waals surface area (Å²) >= 11 is 0. The smallest absolute Gasteiger partial charge is 0.231 e. The van der Waals surface area contributed by atoms with Crippen LogP contribution in [0.4, 0.5) is 0 Å². The van der Waals surface area contributed by atoms with Gasteiger partial charge in [0.25, 0.3) is 0 Å². The molecule has 0 spiro atoms. The van der Waals surface area contributed by atoms with Crippen LogP contribution in [-0.2, 0) is 22.4 Å². The number of likely N-dealkylation sites (tertiary alicyclic amines) is 1. The molecular weight excluding hydrogens is 368 g/mol. The van der Waals surface area contributed by atoms with E-state index in [9.17, 15) is 4.79 Å². The van der Waals surface area contributed by atoms with Gasteiger partial charge in [-0.3, -0.25) is 9.78 Å². The lowest BCUT2D eigenvalue weighted by atomic mass is 9.97. The van der Waals surface area contributed by atoms with Crippen molar-refractivity contribution < 1.29 is 14.1 Å². The van der Waals surface area contributed by atoms with E-state index in [1.54, 1.807) is 12.4 Å². The molecule has 156 valence electrons. The molecule has 1 atom stereocenters. The molecule has 7 heteroatoms. The standard InChI is InChI=1S/C22H30N4O3/c27-21(13-18-7-3-10-23-14-18)26-11-4-8-19(15-26)22-24-20(25-29-22)9-12-28-16-17-5-1-2-6-17/h3,7,10,14,17,19H,1-2,4-6,8-9,11-13,15-16H2. The fraction of sp³-hybridized carbons (Fsp3) is 0.636. The molecule has 0 N–H and O–H groups in total. The van der Waals surface area contributed by atoms with Crippen LogP contribution in [-0.4, -0.2) is 52.2 Å². The van der Waals surface area contributed by atoms with Crippen LogP contribution in [0.2, 0.25) is 0 Å². The van der Waals surface area contributed by atoms with Gasteiger partial charge in [-0.2, -0.15) is 4.98 Å². The van der Waals surface area contributed by atoms with Gasteiger partial charge < -0.3 is 14.2 Å². The van der Waals surface area contributed by atoms with Crippen molar-refractivity contribution in [2.24, 2.45) is 5.92 Å². The fourth-order valence-corrected chi connectivity index (χ4v) is 4.32. The summed E-state index contributed by atoms with van der Waals surface area (Å²) in [4.78, 5) is 23.2. The number of amides is 1. The summed E-state index contributed by atoms with van der Waals surface area (Å²) in [7, 11) is 0. The highest BCUT2D eigenvalue weighted by atomic mass is 16.5. The van der Waals surface area contributed by atoms with E-state index in [2.05, 4.69) is 15.1 Å². The molecule has 1 unspecified atom stereocenters. The molecule has 2 aromatic heterocycles. The number of hydrogen-bond acceptors (Lipinski definition) is 6. The summed E-state index contributed by atoms with van der Waals surface area (Å²) in [6, 6.07) is 3.80. The van der Waals surface area contributed by atoms with Gasteiger partial charge in [0.05, 0.1) is 18.9 Å². The number of nitrogens with zero attached hydrogens (tertiary/aromatic N) is 4. The van der Waals surface area contributed by atoms with E-state index in [-0.39, 0.29) is 11.8 Å². The highest BCUT2D eigenvalue weighted by Crippen LogP contribution is 2.27. The summed E-state index contributed by atoms with van der Waals surface area (Å²) in [5.41, 5.74) is 0.942. The topological polar surface area (TPSA) is 81.4 Å². The first kappa shape index (κ1) is 20.0. The van der Waals surface area contributed by atoms with Crippen molar-refractivity contribution in [2.45, 2.75) is 57.3 Å². The number of rotatable bonds is 8. The molecule has 3 heterocycles. The van der Waals surface area contributed by atoms with Crippen molar-refractivity contribution >= 4 is 5.91 Å². The maximum absolute atomic E-state index is 12.6. The minimum absolute atomic E-state index is 0.113. The Hall–Kier alpha value is -2.28. The third-order valence-electron chi connectivity index (χ3n) is 5.98. The molecule has 1 aliphatic carbocycles. The quantitative estimate of drug-likeness (QED) is 0.636. The molecule has 0 radical (unpaired) electrons. The van der Waals surface area contributed by atoms with Crippen LogP contribution in [0.1, 0.15) is 61.7 Å². The van der Waals surface area contributed by atoms with E-state index >= 15 is 0 Å². The lowest BCUT2D eigenvalue weighted by Gasteiger charge is -2.31. The van der Waals surface area contributed by atoms with Crippen molar-refractivity contribution in [3.63, 3.8) is 0 Å². The molecule has 7 nitrogen and oxygen atoms in total. The maximum Gasteiger partial charge on any atom is 0.231 e. The molecule has 2 fully saturated rings.